The van der Waals surface area contributed by atoms with E-state index in [2.05, 4.69) is 14.8 Å². The molecule has 21 heavy (non-hydrogen) atoms. The van der Waals surface area contributed by atoms with E-state index in [-0.39, 0.29) is 11.4 Å². The van der Waals surface area contributed by atoms with Gasteiger partial charge in [-0.25, -0.2) is 18.1 Å². The lowest BCUT2D eigenvalue weighted by atomic mass is 10.1. The number of thiocarbonyl (C=S) groups is 1. The van der Waals surface area contributed by atoms with E-state index in [0.717, 1.165) is 5.56 Å². The van der Waals surface area contributed by atoms with Gasteiger partial charge in [-0.2, -0.15) is 5.10 Å². The molecule has 0 aliphatic rings. The van der Waals surface area contributed by atoms with E-state index in [1.807, 2.05) is 0 Å². The second-order valence-corrected chi connectivity index (χ2v) is 6.74. The van der Waals surface area contributed by atoms with Gasteiger partial charge in [0.2, 0.25) is 10.0 Å². The second kappa shape index (κ2) is 6.29. The molecule has 1 aromatic heterocycles. The van der Waals surface area contributed by atoms with E-state index >= 15 is 0 Å². The SMILES string of the molecule is Cn1cnc(CNS(=O)(=O)c2ccc(CC(N)=S)cc2)n1. The van der Waals surface area contributed by atoms with Gasteiger partial charge in [-0.3, -0.25) is 4.68 Å². The van der Waals surface area contributed by atoms with Crippen LogP contribution >= 0.6 is 12.2 Å². The number of rotatable bonds is 6. The van der Waals surface area contributed by atoms with Crippen LogP contribution in [0.1, 0.15) is 11.4 Å². The van der Waals surface area contributed by atoms with Crippen molar-refractivity contribution in [1.82, 2.24) is 19.5 Å². The molecule has 0 unspecified atom stereocenters. The van der Waals surface area contributed by atoms with Crippen molar-refractivity contribution in [2.45, 2.75) is 17.9 Å². The molecule has 0 spiro atoms. The highest BCUT2D eigenvalue weighted by atomic mass is 32.2. The number of benzene rings is 1. The zero-order chi connectivity index (χ0) is 15.5. The first-order valence-corrected chi connectivity index (χ1v) is 7.97. The predicted octanol–water partition coefficient (Wildman–Crippen LogP) is 0.122. The molecular weight excluding hydrogens is 310 g/mol. The van der Waals surface area contributed by atoms with Crippen molar-refractivity contribution in [2.24, 2.45) is 12.8 Å². The van der Waals surface area contributed by atoms with Crippen molar-refractivity contribution in [1.29, 1.82) is 0 Å². The fourth-order valence-electron chi connectivity index (χ4n) is 1.70. The van der Waals surface area contributed by atoms with Gasteiger partial charge in [0.05, 0.1) is 16.4 Å². The van der Waals surface area contributed by atoms with Gasteiger partial charge < -0.3 is 5.73 Å². The number of aromatic nitrogens is 3. The quantitative estimate of drug-likeness (QED) is 0.731. The number of nitrogens with zero attached hydrogens (tertiary/aromatic N) is 3. The maximum atomic E-state index is 12.1. The summed E-state index contributed by atoms with van der Waals surface area (Å²) in [6.07, 6.45) is 1.95. The molecule has 0 radical (unpaired) electrons. The Labute approximate surface area is 128 Å². The van der Waals surface area contributed by atoms with E-state index in [0.29, 0.717) is 17.2 Å². The Morgan fingerprint density at radius 2 is 2.05 bits per heavy atom. The summed E-state index contributed by atoms with van der Waals surface area (Å²) in [5.41, 5.74) is 6.32. The molecule has 0 amide bonds. The molecule has 0 saturated heterocycles. The van der Waals surface area contributed by atoms with Crippen LogP contribution in [0.15, 0.2) is 35.5 Å². The number of hydrogen-bond donors (Lipinski definition) is 2. The van der Waals surface area contributed by atoms with Crippen LogP contribution in [0.2, 0.25) is 0 Å². The molecule has 2 aromatic rings. The van der Waals surface area contributed by atoms with Crippen LogP contribution in [0, 0.1) is 0 Å². The lowest BCUT2D eigenvalue weighted by molar-refractivity contribution is 0.578. The van der Waals surface area contributed by atoms with Gasteiger partial charge in [0, 0.05) is 13.5 Å². The molecule has 0 fully saturated rings. The molecule has 3 N–H and O–H groups in total. The van der Waals surface area contributed by atoms with Crippen LogP contribution < -0.4 is 10.5 Å². The van der Waals surface area contributed by atoms with Crippen LogP contribution in [-0.2, 0) is 30.0 Å². The molecule has 0 aliphatic heterocycles. The fourth-order valence-corrected chi connectivity index (χ4v) is 2.84. The Kier molecular flexibility index (Phi) is 4.66. The molecule has 7 nitrogen and oxygen atoms in total. The van der Waals surface area contributed by atoms with Gasteiger partial charge in [0.1, 0.15) is 6.33 Å². The standard InChI is InChI=1S/C12H15N5O2S2/c1-17-8-14-12(16-17)7-15-21(18,19)10-4-2-9(3-5-10)6-11(13)20/h2-5,8,15H,6-7H2,1H3,(H2,13,20). The van der Waals surface area contributed by atoms with Gasteiger partial charge in [0.25, 0.3) is 0 Å². The summed E-state index contributed by atoms with van der Waals surface area (Å²) >= 11 is 4.81. The van der Waals surface area contributed by atoms with Gasteiger partial charge in [0.15, 0.2) is 5.82 Å². The predicted molar refractivity (Wildman–Crippen MR) is 82.0 cm³/mol. The Morgan fingerprint density at radius 1 is 1.38 bits per heavy atom. The third kappa shape index (κ3) is 4.31. The summed E-state index contributed by atoms with van der Waals surface area (Å²) in [6, 6.07) is 6.41. The van der Waals surface area contributed by atoms with Gasteiger partial charge in [-0.1, -0.05) is 24.4 Å². The van der Waals surface area contributed by atoms with Crippen LogP contribution in [-0.4, -0.2) is 28.2 Å². The van der Waals surface area contributed by atoms with Crippen LogP contribution in [0.5, 0.6) is 0 Å². The minimum Gasteiger partial charge on any atom is -0.393 e. The van der Waals surface area contributed by atoms with E-state index in [4.69, 9.17) is 18.0 Å². The summed E-state index contributed by atoms with van der Waals surface area (Å²) in [7, 11) is -1.88. The summed E-state index contributed by atoms with van der Waals surface area (Å²) in [6.45, 7) is 0.0395. The topological polar surface area (TPSA) is 103 Å². The van der Waals surface area contributed by atoms with Crippen molar-refractivity contribution in [3.05, 3.63) is 42.0 Å². The normalized spacial score (nSPS) is 11.5. The molecule has 0 aliphatic carbocycles. The lowest BCUT2D eigenvalue weighted by Gasteiger charge is -2.06. The molecule has 112 valence electrons. The van der Waals surface area contributed by atoms with Crippen molar-refractivity contribution in [2.75, 3.05) is 0 Å². The maximum absolute atomic E-state index is 12.1. The summed E-state index contributed by atoms with van der Waals surface area (Å²) < 4.78 is 28.2. The summed E-state index contributed by atoms with van der Waals surface area (Å²) in [5.74, 6) is 0.408. The molecule has 1 heterocycles. The lowest BCUT2D eigenvalue weighted by Crippen LogP contribution is -2.24. The summed E-state index contributed by atoms with van der Waals surface area (Å²) in [5, 5.41) is 4.00. The fraction of sp³-hybridized carbons (Fsp3) is 0.250. The molecular formula is C12H15N5O2S2. The molecule has 0 atom stereocenters. The first kappa shape index (κ1) is 15.5. The number of hydrogen-bond acceptors (Lipinski definition) is 5. The maximum Gasteiger partial charge on any atom is 0.240 e. The summed E-state index contributed by atoms with van der Waals surface area (Å²) in [4.78, 5) is 4.49. The number of nitrogens with two attached hydrogens (primary N) is 1. The zero-order valence-corrected chi connectivity index (χ0v) is 13.0. The molecule has 0 saturated carbocycles. The Balaban J connectivity index is 2.06. The molecule has 9 heteroatoms. The van der Waals surface area contributed by atoms with E-state index in [9.17, 15) is 8.42 Å². The number of sulfonamides is 1. The average molecular weight is 325 g/mol. The van der Waals surface area contributed by atoms with E-state index in [1.165, 1.54) is 23.1 Å². The van der Waals surface area contributed by atoms with Crippen molar-refractivity contribution in [3.63, 3.8) is 0 Å². The Hall–Kier alpha value is -1.84. The van der Waals surface area contributed by atoms with Gasteiger partial charge >= 0.3 is 0 Å². The largest absolute Gasteiger partial charge is 0.393 e. The van der Waals surface area contributed by atoms with Crippen LogP contribution in [0.4, 0.5) is 0 Å². The smallest absolute Gasteiger partial charge is 0.240 e. The number of nitrogens with one attached hydrogen (secondary N) is 1. The highest BCUT2D eigenvalue weighted by Crippen LogP contribution is 2.11. The second-order valence-electron chi connectivity index (χ2n) is 4.45. The molecule has 1 aromatic carbocycles. The van der Waals surface area contributed by atoms with Crippen molar-refractivity contribution >= 4 is 27.2 Å². The third-order valence-electron chi connectivity index (χ3n) is 2.68. The minimum atomic E-state index is -3.60. The zero-order valence-electron chi connectivity index (χ0n) is 11.4. The first-order valence-electron chi connectivity index (χ1n) is 6.08. The highest BCUT2D eigenvalue weighted by Gasteiger charge is 2.14. The first-order chi connectivity index (χ1) is 9.87. The average Bonchev–Trinajstić information content (AvgIpc) is 2.82. The monoisotopic (exact) mass is 325 g/mol. The highest BCUT2D eigenvalue weighted by molar-refractivity contribution is 7.89. The Bertz CT molecular complexity index is 737. The number of aryl methyl sites for hydroxylation is 1. The molecule has 2 rings (SSSR count). The van der Waals surface area contributed by atoms with E-state index in [1.54, 1.807) is 19.2 Å². The van der Waals surface area contributed by atoms with Crippen LogP contribution in [0.25, 0.3) is 0 Å². The minimum absolute atomic E-state index is 0.0395. The van der Waals surface area contributed by atoms with Crippen molar-refractivity contribution < 1.29 is 8.42 Å². The third-order valence-corrected chi connectivity index (χ3v) is 4.24. The van der Waals surface area contributed by atoms with Crippen LogP contribution in [0.3, 0.4) is 0 Å². The van der Waals surface area contributed by atoms with Crippen molar-refractivity contribution in [3.8, 4) is 0 Å². The van der Waals surface area contributed by atoms with Gasteiger partial charge in [-0.15, -0.1) is 0 Å². The van der Waals surface area contributed by atoms with E-state index < -0.39 is 10.0 Å². The Morgan fingerprint density at radius 3 is 2.57 bits per heavy atom. The van der Waals surface area contributed by atoms with Gasteiger partial charge in [-0.05, 0) is 17.7 Å². The molecule has 0 bridgehead atoms.